The number of ether oxygens (including phenoxy) is 2. The maximum absolute atomic E-state index is 12.8. The number of hydrogen-bond donors (Lipinski definition) is 0. The summed E-state index contributed by atoms with van der Waals surface area (Å²) in [6.45, 7) is 7.78. The van der Waals surface area contributed by atoms with Gasteiger partial charge in [-0.3, -0.25) is 0 Å². The SMILES string of the molecule is CC(C)(C)c1ccc(COC(=O)c2sccc2S(=O)(=O)N2CCOCC2)cc1. The fourth-order valence-electron chi connectivity index (χ4n) is 2.89. The van der Waals surface area contributed by atoms with Gasteiger partial charge in [0.05, 0.1) is 13.2 Å². The number of sulfonamides is 1. The van der Waals surface area contributed by atoms with Crippen LogP contribution in [0.4, 0.5) is 0 Å². The zero-order valence-corrected chi connectivity index (χ0v) is 17.9. The number of rotatable bonds is 5. The van der Waals surface area contributed by atoms with E-state index in [0.717, 1.165) is 16.9 Å². The lowest BCUT2D eigenvalue weighted by Crippen LogP contribution is -2.40. The number of nitrogens with zero attached hydrogens (tertiary/aromatic N) is 1. The highest BCUT2D eigenvalue weighted by Crippen LogP contribution is 2.27. The summed E-state index contributed by atoms with van der Waals surface area (Å²) in [5.74, 6) is -0.623. The molecule has 8 heteroatoms. The Morgan fingerprint density at radius 2 is 1.79 bits per heavy atom. The zero-order valence-electron chi connectivity index (χ0n) is 16.3. The molecule has 1 aromatic heterocycles. The van der Waals surface area contributed by atoms with Crippen LogP contribution >= 0.6 is 11.3 Å². The summed E-state index contributed by atoms with van der Waals surface area (Å²) in [7, 11) is -3.74. The molecular formula is C20H25NO5S2. The molecule has 0 radical (unpaired) electrons. The van der Waals surface area contributed by atoms with Crippen molar-refractivity contribution >= 4 is 27.3 Å². The van der Waals surface area contributed by atoms with Crippen molar-refractivity contribution in [3.05, 3.63) is 51.7 Å². The van der Waals surface area contributed by atoms with Gasteiger partial charge in [-0.2, -0.15) is 4.31 Å². The molecule has 0 spiro atoms. The van der Waals surface area contributed by atoms with Crippen LogP contribution in [-0.4, -0.2) is 45.0 Å². The quantitative estimate of drug-likeness (QED) is 0.689. The molecule has 1 saturated heterocycles. The van der Waals surface area contributed by atoms with E-state index in [-0.39, 0.29) is 34.9 Å². The first-order valence-electron chi connectivity index (χ1n) is 9.11. The number of thiophene rings is 1. The molecule has 28 heavy (non-hydrogen) atoms. The third kappa shape index (κ3) is 4.63. The van der Waals surface area contributed by atoms with Crippen LogP contribution in [0.3, 0.4) is 0 Å². The van der Waals surface area contributed by atoms with E-state index in [1.807, 2.05) is 24.3 Å². The molecule has 0 unspecified atom stereocenters. The number of hydrogen-bond acceptors (Lipinski definition) is 6. The first-order valence-corrected chi connectivity index (χ1v) is 11.4. The van der Waals surface area contributed by atoms with Crippen molar-refractivity contribution in [2.45, 2.75) is 37.7 Å². The first kappa shape index (κ1) is 21.0. The molecule has 0 N–H and O–H groups in total. The van der Waals surface area contributed by atoms with Gasteiger partial charge in [-0.25, -0.2) is 13.2 Å². The average Bonchev–Trinajstić information content (AvgIpc) is 3.17. The van der Waals surface area contributed by atoms with Crippen LogP contribution in [0.25, 0.3) is 0 Å². The summed E-state index contributed by atoms with van der Waals surface area (Å²) in [4.78, 5) is 12.7. The van der Waals surface area contributed by atoms with Gasteiger partial charge < -0.3 is 9.47 Å². The average molecular weight is 424 g/mol. The van der Waals surface area contributed by atoms with Crippen molar-refractivity contribution in [2.24, 2.45) is 0 Å². The molecule has 1 fully saturated rings. The normalized spacial score (nSPS) is 16.1. The van der Waals surface area contributed by atoms with E-state index in [1.54, 1.807) is 5.38 Å². The molecule has 1 aliphatic heterocycles. The van der Waals surface area contributed by atoms with Gasteiger partial charge in [0.25, 0.3) is 0 Å². The predicted molar refractivity (Wildman–Crippen MR) is 108 cm³/mol. The second kappa shape index (κ2) is 8.32. The Kier molecular flexibility index (Phi) is 6.24. The summed E-state index contributed by atoms with van der Waals surface area (Å²) >= 11 is 1.08. The van der Waals surface area contributed by atoms with Crippen molar-refractivity contribution in [1.29, 1.82) is 0 Å². The molecule has 1 aliphatic rings. The van der Waals surface area contributed by atoms with E-state index in [0.29, 0.717) is 13.2 Å². The van der Waals surface area contributed by atoms with Crippen LogP contribution in [0.5, 0.6) is 0 Å². The van der Waals surface area contributed by atoms with Crippen LogP contribution < -0.4 is 0 Å². The van der Waals surface area contributed by atoms with Gasteiger partial charge in [0.2, 0.25) is 10.0 Å². The van der Waals surface area contributed by atoms with Crippen molar-refractivity contribution in [1.82, 2.24) is 4.31 Å². The van der Waals surface area contributed by atoms with Gasteiger partial charge in [0, 0.05) is 13.1 Å². The Balaban J connectivity index is 1.70. The number of morpholine rings is 1. The second-order valence-electron chi connectivity index (χ2n) is 7.65. The molecule has 2 aromatic rings. The molecule has 6 nitrogen and oxygen atoms in total. The Morgan fingerprint density at radius 3 is 2.39 bits per heavy atom. The van der Waals surface area contributed by atoms with Gasteiger partial charge in [-0.05, 0) is 28.0 Å². The largest absolute Gasteiger partial charge is 0.457 e. The topological polar surface area (TPSA) is 72.9 Å². The van der Waals surface area contributed by atoms with Gasteiger partial charge in [0.15, 0.2) is 0 Å². The molecule has 0 aliphatic carbocycles. The lowest BCUT2D eigenvalue weighted by Gasteiger charge is -2.25. The maximum atomic E-state index is 12.8. The van der Waals surface area contributed by atoms with Crippen LogP contribution in [-0.2, 0) is 31.5 Å². The summed E-state index contributed by atoms with van der Waals surface area (Å²) in [6.07, 6.45) is 0. The smallest absolute Gasteiger partial charge is 0.350 e. The van der Waals surface area contributed by atoms with Crippen molar-refractivity contribution in [2.75, 3.05) is 26.3 Å². The van der Waals surface area contributed by atoms with Gasteiger partial charge in [-0.1, -0.05) is 45.0 Å². The Morgan fingerprint density at radius 1 is 1.14 bits per heavy atom. The minimum Gasteiger partial charge on any atom is -0.457 e. The lowest BCUT2D eigenvalue weighted by atomic mass is 9.87. The number of carbonyl (C=O) groups excluding carboxylic acids is 1. The summed E-state index contributed by atoms with van der Waals surface area (Å²) in [5.41, 5.74) is 2.10. The lowest BCUT2D eigenvalue weighted by molar-refractivity contribution is 0.0473. The third-order valence-electron chi connectivity index (χ3n) is 4.59. The highest BCUT2D eigenvalue weighted by Gasteiger charge is 2.31. The van der Waals surface area contributed by atoms with Crippen LogP contribution in [0, 0.1) is 0 Å². The number of benzene rings is 1. The third-order valence-corrected chi connectivity index (χ3v) is 7.56. The fraction of sp³-hybridized carbons (Fsp3) is 0.450. The van der Waals surface area contributed by atoms with Gasteiger partial charge in [0.1, 0.15) is 16.4 Å². The summed E-state index contributed by atoms with van der Waals surface area (Å²) < 4.78 is 37.6. The van der Waals surface area contributed by atoms with Gasteiger partial charge >= 0.3 is 5.97 Å². The number of carbonyl (C=O) groups is 1. The number of esters is 1. The van der Waals surface area contributed by atoms with E-state index in [9.17, 15) is 13.2 Å². The second-order valence-corrected chi connectivity index (χ2v) is 10.5. The van der Waals surface area contributed by atoms with Gasteiger partial charge in [-0.15, -0.1) is 11.3 Å². The van der Waals surface area contributed by atoms with Crippen molar-refractivity contribution in [3.8, 4) is 0 Å². The standard InChI is InChI=1S/C20H25NO5S2/c1-20(2,3)16-6-4-15(5-7-16)14-26-19(22)18-17(8-13-27-18)28(23,24)21-9-11-25-12-10-21/h4-8,13H,9-12,14H2,1-3H3. The van der Waals surface area contributed by atoms with E-state index >= 15 is 0 Å². The Hall–Kier alpha value is -1.74. The molecule has 152 valence electrons. The zero-order chi connectivity index (χ0) is 20.4. The van der Waals surface area contributed by atoms with Crippen molar-refractivity contribution in [3.63, 3.8) is 0 Å². The molecule has 1 aromatic carbocycles. The molecule has 3 rings (SSSR count). The van der Waals surface area contributed by atoms with Crippen LogP contribution in [0.1, 0.15) is 41.6 Å². The monoisotopic (exact) mass is 423 g/mol. The van der Waals surface area contributed by atoms with E-state index in [1.165, 1.54) is 15.9 Å². The minimum atomic E-state index is -3.74. The van der Waals surface area contributed by atoms with E-state index < -0.39 is 16.0 Å². The molecule has 0 amide bonds. The van der Waals surface area contributed by atoms with Crippen LogP contribution in [0.2, 0.25) is 0 Å². The maximum Gasteiger partial charge on any atom is 0.350 e. The molecule has 0 bridgehead atoms. The summed E-state index contributed by atoms with van der Waals surface area (Å²) in [6, 6.07) is 9.34. The highest BCUT2D eigenvalue weighted by atomic mass is 32.2. The molecular weight excluding hydrogens is 398 g/mol. The molecule has 0 saturated carbocycles. The highest BCUT2D eigenvalue weighted by molar-refractivity contribution is 7.89. The Bertz CT molecular complexity index is 920. The van der Waals surface area contributed by atoms with Crippen molar-refractivity contribution < 1.29 is 22.7 Å². The van der Waals surface area contributed by atoms with Crippen LogP contribution in [0.15, 0.2) is 40.6 Å². The summed E-state index contributed by atoms with van der Waals surface area (Å²) in [5, 5.41) is 1.60. The Labute approximate surface area is 170 Å². The molecule has 0 atom stereocenters. The van der Waals surface area contributed by atoms with E-state index in [2.05, 4.69) is 20.8 Å². The first-order chi connectivity index (χ1) is 13.2. The van der Waals surface area contributed by atoms with E-state index in [4.69, 9.17) is 9.47 Å². The predicted octanol–water partition coefficient (Wildman–Crippen LogP) is 3.42. The fourth-order valence-corrected chi connectivity index (χ4v) is 5.58. The molecule has 2 heterocycles. The minimum absolute atomic E-state index is 0.00693.